The second-order valence-electron chi connectivity index (χ2n) is 5.75. The average Bonchev–Trinajstić information content (AvgIpc) is 2.52. The highest BCUT2D eigenvalue weighted by Crippen LogP contribution is 2.39. The predicted molar refractivity (Wildman–Crippen MR) is 89.5 cm³/mol. The van der Waals surface area contributed by atoms with Crippen LogP contribution in [0.3, 0.4) is 0 Å². The minimum absolute atomic E-state index is 0.216. The summed E-state index contributed by atoms with van der Waals surface area (Å²) in [5, 5.41) is 0. The molecule has 0 saturated carbocycles. The lowest BCUT2D eigenvalue weighted by molar-refractivity contribution is 0.0600. The SMILES string of the molecule is CCCC(CS(=O)O)(c1ccc(C(=O)OC)cc1)C(C)CC. The fraction of sp³-hybridized carbons (Fsp3) is 0.588. The quantitative estimate of drug-likeness (QED) is 0.583. The zero-order valence-electron chi connectivity index (χ0n) is 13.8. The molecular weight excluding hydrogens is 300 g/mol. The zero-order valence-corrected chi connectivity index (χ0v) is 14.6. The van der Waals surface area contributed by atoms with E-state index in [0.29, 0.717) is 5.56 Å². The molecule has 0 saturated heterocycles. The standard InChI is InChI=1S/C17H26O4S/c1-5-11-17(12-22(19)20,13(3)6-2)15-9-7-14(8-10-15)16(18)21-4/h7-10,13H,5-6,11-12H2,1-4H3,(H,19,20). The molecule has 0 fully saturated rings. The number of hydrogen-bond donors (Lipinski definition) is 1. The molecule has 5 heteroatoms. The topological polar surface area (TPSA) is 63.6 Å². The van der Waals surface area contributed by atoms with Gasteiger partial charge in [-0.25, -0.2) is 9.00 Å². The Bertz CT molecular complexity index is 512. The summed E-state index contributed by atoms with van der Waals surface area (Å²) < 4.78 is 25.8. The first-order valence-corrected chi connectivity index (χ1v) is 8.95. The molecule has 1 N–H and O–H groups in total. The van der Waals surface area contributed by atoms with Crippen LogP contribution in [-0.2, 0) is 21.2 Å². The number of ether oxygens (including phenoxy) is 1. The second-order valence-corrected chi connectivity index (χ2v) is 6.68. The Morgan fingerprint density at radius 3 is 2.32 bits per heavy atom. The van der Waals surface area contributed by atoms with E-state index in [0.717, 1.165) is 24.8 Å². The van der Waals surface area contributed by atoms with E-state index < -0.39 is 11.1 Å². The highest BCUT2D eigenvalue weighted by atomic mass is 32.2. The molecule has 0 amide bonds. The Hall–Kier alpha value is -1.20. The monoisotopic (exact) mass is 326 g/mol. The third kappa shape index (κ3) is 4.17. The average molecular weight is 326 g/mol. The molecule has 1 rings (SSSR count). The van der Waals surface area contributed by atoms with Crippen LogP contribution in [0.25, 0.3) is 0 Å². The van der Waals surface area contributed by atoms with E-state index in [4.69, 9.17) is 4.74 Å². The minimum Gasteiger partial charge on any atom is -0.465 e. The Balaban J connectivity index is 3.29. The molecule has 0 aliphatic rings. The highest BCUT2D eigenvalue weighted by Gasteiger charge is 2.38. The third-order valence-corrected chi connectivity index (χ3v) is 5.28. The maximum atomic E-state index is 11.6. The molecule has 3 unspecified atom stereocenters. The first-order valence-electron chi connectivity index (χ1n) is 7.67. The van der Waals surface area contributed by atoms with Gasteiger partial charge in [-0.15, -0.1) is 0 Å². The number of carbonyl (C=O) groups is 1. The van der Waals surface area contributed by atoms with E-state index in [1.807, 2.05) is 12.1 Å². The largest absolute Gasteiger partial charge is 0.465 e. The number of benzene rings is 1. The van der Waals surface area contributed by atoms with Crippen molar-refractivity contribution in [1.29, 1.82) is 0 Å². The van der Waals surface area contributed by atoms with Crippen molar-refractivity contribution >= 4 is 17.0 Å². The van der Waals surface area contributed by atoms with Crippen LogP contribution in [0.15, 0.2) is 24.3 Å². The molecule has 4 nitrogen and oxygen atoms in total. The molecule has 0 radical (unpaired) electrons. The lowest BCUT2D eigenvalue weighted by Gasteiger charge is -2.38. The van der Waals surface area contributed by atoms with Gasteiger partial charge in [-0.3, -0.25) is 0 Å². The van der Waals surface area contributed by atoms with Gasteiger partial charge in [0.05, 0.1) is 18.4 Å². The molecule has 3 atom stereocenters. The van der Waals surface area contributed by atoms with Crippen molar-refractivity contribution < 1.29 is 18.3 Å². The van der Waals surface area contributed by atoms with Crippen molar-refractivity contribution in [3.63, 3.8) is 0 Å². The van der Waals surface area contributed by atoms with Gasteiger partial charge < -0.3 is 9.29 Å². The Labute approximate surface area is 135 Å². The van der Waals surface area contributed by atoms with E-state index in [1.165, 1.54) is 7.11 Å². The Kier molecular flexibility index (Phi) is 7.23. The number of rotatable bonds is 8. The molecule has 0 aromatic heterocycles. The summed E-state index contributed by atoms with van der Waals surface area (Å²) in [6, 6.07) is 7.24. The van der Waals surface area contributed by atoms with Crippen LogP contribution in [0.4, 0.5) is 0 Å². The van der Waals surface area contributed by atoms with Crippen molar-refractivity contribution in [2.24, 2.45) is 5.92 Å². The van der Waals surface area contributed by atoms with E-state index in [9.17, 15) is 13.6 Å². The highest BCUT2D eigenvalue weighted by molar-refractivity contribution is 7.79. The number of carbonyl (C=O) groups excluding carboxylic acids is 1. The van der Waals surface area contributed by atoms with E-state index in [2.05, 4.69) is 20.8 Å². The summed E-state index contributed by atoms with van der Waals surface area (Å²) in [5.74, 6) is 0.113. The second kappa shape index (κ2) is 8.44. The minimum atomic E-state index is -1.87. The van der Waals surface area contributed by atoms with Gasteiger partial charge in [0.2, 0.25) is 0 Å². The van der Waals surface area contributed by atoms with Crippen molar-refractivity contribution in [2.45, 2.75) is 45.4 Å². The maximum absolute atomic E-state index is 11.6. The molecule has 124 valence electrons. The fourth-order valence-corrected chi connectivity index (χ4v) is 4.12. The predicted octanol–water partition coefficient (Wildman–Crippen LogP) is 3.78. The van der Waals surface area contributed by atoms with E-state index in [1.54, 1.807) is 12.1 Å². The van der Waals surface area contributed by atoms with Crippen LogP contribution >= 0.6 is 0 Å². The Morgan fingerprint density at radius 1 is 1.32 bits per heavy atom. The van der Waals surface area contributed by atoms with Crippen molar-refractivity contribution in [3.05, 3.63) is 35.4 Å². The summed E-state index contributed by atoms with van der Waals surface area (Å²) in [7, 11) is 1.35. The van der Waals surface area contributed by atoms with Crippen LogP contribution in [-0.4, -0.2) is 27.6 Å². The molecule has 22 heavy (non-hydrogen) atoms. The molecule has 0 bridgehead atoms. The maximum Gasteiger partial charge on any atom is 0.337 e. The molecule has 0 aliphatic carbocycles. The van der Waals surface area contributed by atoms with E-state index in [-0.39, 0.29) is 23.1 Å². The van der Waals surface area contributed by atoms with Crippen molar-refractivity contribution in [3.8, 4) is 0 Å². The van der Waals surface area contributed by atoms with Gasteiger partial charge in [0, 0.05) is 5.41 Å². The van der Waals surface area contributed by atoms with Crippen LogP contribution < -0.4 is 0 Å². The first-order chi connectivity index (χ1) is 10.4. The van der Waals surface area contributed by atoms with Gasteiger partial charge in [-0.1, -0.05) is 45.7 Å². The first kappa shape index (κ1) is 18.8. The molecular formula is C17H26O4S. The van der Waals surface area contributed by atoms with Gasteiger partial charge in [-0.2, -0.15) is 0 Å². The molecule has 0 aliphatic heterocycles. The summed E-state index contributed by atoms with van der Waals surface area (Å²) in [6.07, 6.45) is 2.70. The van der Waals surface area contributed by atoms with Crippen LogP contribution in [0.1, 0.15) is 56.0 Å². The smallest absolute Gasteiger partial charge is 0.337 e. The third-order valence-electron chi connectivity index (χ3n) is 4.51. The zero-order chi connectivity index (χ0) is 16.8. The van der Waals surface area contributed by atoms with Gasteiger partial charge in [0.25, 0.3) is 0 Å². The van der Waals surface area contributed by atoms with Crippen LogP contribution in [0, 0.1) is 5.92 Å². The molecule has 1 aromatic carbocycles. The molecule has 1 aromatic rings. The number of esters is 1. The summed E-state index contributed by atoms with van der Waals surface area (Å²) in [4.78, 5) is 11.6. The fourth-order valence-electron chi connectivity index (χ4n) is 3.09. The Morgan fingerprint density at radius 2 is 1.91 bits per heavy atom. The number of methoxy groups -OCH3 is 1. The van der Waals surface area contributed by atoms with Crippen molar-refractivity contribution in [1.82, 2.24) is 0 Å². The van der Waals surface area contributed by atoms with E-state index >= 15 is 0 Å². The summed E-state index contributed by atoms with van der Waals surface area (Å²) in [6.45, 7) is 6.30. The lowest BCUT2D eigenvalue weighted by Crippen LogP contribution is -2.39. The van der Waals surface area contributed by atoms with Gasteiger partial charge in [0.15, 0.2) is 11.1 Å². The van der Waals surface area contributed by atoms with Gasteiger partial charge in [0.1, 0.15) is 0 Å². The number of hydrogen-bond acceptors (Lipinski definition) is 3. The lowest BCUT2D eigenvalue weighted by atomic mass is 9.68. The van der Waals surface area contributed by atoms with Crippen LogP contribution in [0.2, 0.25) is 0 Å². The van der Waals surface area contributed by atoms with Crippen LogP contribution in [0.5, 0.6) is 0 Å². The molecule has 0 heterocycles. The summed E-state index contributed by atoms with van der Waals surface area (Å²) >= 11 is -1.87. The van der Waals surface area contributed by atoms with Gasteiger partial charge >= 0.3 is 5.97 Å². The molecule has 0 spiro atoms. The summed E-state index contributed by atoms with van der Waals surface area (Å²) in [5.41, 5.74) is 1.15. The van der Waals surface area contributed by atoms with Crippen molar-refractivity contribution in [2.75, 3.05) is 12.9 Å². The normalized spacial score (nSPS) is 16.6. The van der Waals surface area contributed by atoms with Gasteiger partial charge in [-0.05, 0) is 30.0 Å².